The highest BCUT2D eigenvalue weighted by Crippen LogP contribution is 2.45. The molecule has 0 unspecified atom stereocenters. The Morgan fingerprint density at radius 2 is 1.93 bits per heavy atom. The van der Waals surface area contributed by atoms with Crippen molar-refractivity contribution >= 4 is 23.5 Å². The maximum Gasteiger partial charge on any atom is 0.354 e. The number of hydrogen-bond donors (Lipinski definition) is 0. The van der Waals surface area contributed by atoms with Gasteiger partial charge >= 0.3 is 5.97 Å². The number of carbonyl (C=O) groups excluding carboxylic acids is 3. The van der Waals surface area contributed by atoms with Crippen LogP contribution in [0.25, 0.3) is 0 Å². The molecule has 0 saturated carbocycles. The third-order valence-corrected chi connectivity index (χ3v) is 5.51. The van der Waals surface area contributed by atoms with Crippen LogP contribution < -0.4 is 4.90 Å². The number of carbonyl (C=O) groups is 3. The fraction of sp³-hybridized carbons (Fsp3) is 0.217. The summed E-state index contributed by atoms with van der Waals surface area (Å²) in [6.07, 6.45) is 1.75. The molecule has 1 atom stereocenters. The monoisotopic (exact) mass is 401 g/mol. The normalized spacial score (nSPS) is 19.7. The van der Waals surface area contributed by atoms with Gasteiger partial charge in [-0.1, -0.05) is 36.4 Å². The summed E-state index contributed by atoms with van der Waals surface area (Å²) in [5.41, 5.74) is 0.138. The molecule has 0 N–H and O–H groups in total. The maximum atomic E-state index is 13.4. The number of anilines is 1. The van der Waals surface area contributed by atoms with Gasteiger partial charge in [-0.15, -0.1) is 6.58 Å². The van der Waals surface area contributed by atoms with E-state index in [-0.39, 0.29) is 37.8 Å². The van der Waals surface area contributed by atoms with Crippen LogP contribution in [-0.2, 0) is 20.9 Å². The van der Waals surface area contributed by atoms with E-state index in [9.17, 15) is 19.6 Å². The third kappa shape index (κ3) is 2.77. The summed E-state index contributed by atoms with van der Waals surface area (Å²) in [7, 11) is 0. The Bertz CT molecular complexity index is 1100. The van der Waals surface area contributed by atoms with Crippen molar-refractivity contribution in [3.8, 4) is 6.07 Å². The highest BCUT2D eigenvalue weighted by molar-refractivity contribution is 6.15. The Morgan fingerprint density at radius 1 is 1.20 bits per heavy atom. The minimum absolute atomic E-state index is 0.0842. The van der Waals surface area contributed by atoms with Crippen molar-refractivity contribution in [2.45, 2.75) is 25.1 Å². The van der Waals surface area contributed by atoms with E-state index >= 15 is 0 Å². The van der Waals surface area contributed by atoms with Gasteiger partial charge in [-0.05, 0) is 18.2 Å². The molecule has 30 heavy (non-hydrogen) atoms. The lowest BCUT2D eigenvalue weighted by atomic mass is 9.96. The number of para-hydroxylation sites is 1. The Labute approximate surface area is 173 Å². The molecule has 0 spiro atoms. The average molecular weight is 401 g/mol. The summed E-state index contributed by atoms with van der Waals surface area (Å²) in [5, 5.41) is 9.26. The van der Waals surface area contributed by atoms with Gasteiger partial charge in [0, 0.05) is 24.9 Å². The Balaban J connectivity index is 1.76. The molecule has 7 nitrogen and oxygen atoms in total. The molecule has 1 saturated heterocycles. The molecular weight excluding hydrogens is 382 g/mol. The van der Waals surface area contributed by atoms with Gasteiger partial charge in [0.05, 0.1) is 22.9 Å². The molecule has 2 aliphatic heterocycles. The average Bonchev–Trinajstić information content (AvgIpc) is 3.13. The molecule has 2 aliphatic rings. The largest absolute Gasteiger partial charge is 0.458 e. The minimum atomic E-state index is -1.57. The van der Waals surface area contributed by atoms with Crippen LogP contribution >= 0.6 is 0 Å². The van der Waals surface area contributed by atoms with Gasteiger partial charge in [-0.25, -0.2) is 4.79 Å². The molecule has 2 aromatic rings. The molecule has 4 rings (SSSR count). The maximum absolute atomic E-state index is 13.4. The molecule has 2 aromatic carbocycles. The van der Waals surface area contributed by atoms with E-state index in [4.69, 9.17) is 4.74 Å². The Kier molecular flexibility index (Phi) is 4.84. The first-order valence-corrected chi connectivity index (χ1v) is 9.54. The smallest absolute Gasteiger partial charge is 0.354 e. The first-order valence-electron chi connectivity index (χ1n) is 9.54. The number of rotatable bonds is 5. The topological polar surface area (TPSA) is 90.7 Å². The summed E-state index contributed by atoms with van der Waals surface area (Å²) in [5.74, 6) is -1.31. The summed E-state index contributed by atoms with van der Waals surface area (Å²) in [6, 6.07) is 15.6. The van der Waals surface area contributed by atoms with E-state index in [0.717, 1.165) is 0 Å². The molecule has 2 heterocycles. The SMILES string of the molecule is C=CCN1C(=O)c2ccccc2N2C(=O)CC[C@]12C(=O)OCc1ccccc1C#N. The van der Waals surface area contributed by atoms with Crippen LogP contribution in [0.3, 0.4) is 0 Å². The van der Waals surface area contributed by atoms with Crippen molar-refractivity contribution in [1.82, 2.24) is 4.90 Å². The van der Waals surface area contributed by atoms with Gasteiger partial charge in [0.2, 0.25) is 11.6 Å². The summed E-state index contributed by atoms with van der Waals surface area (Å²) < 4.78 is 5.59. The number of amides is 2. The van der Waals surface area contributed by atoms with Crippen LogP contribution in [0.2, 0.25) is 0 Å². The number of fused-ring (bicyclic) bond motifs is 3. The van der Waals surface area contributed by atoms with Gasteiger partial charge in [-0.3, -0.25) is 14.5 Å². The lowest BCUT2D eigenvalue weighted by Gasteiger charge is -2.48. The summed E-state index contributed by atoms with van der Waals surface area (Å²) >= 11 is 0. The number of esters is 1. The molecule has 0 bridgehead atoms. The standard InChI is InChI=1S/C23H19N3O4/c1-2-13-25-21(28)18-9-5-6-10-19(18)26-20(27)11-12-23(25,26)22(29)30-15-17-8-4-3-7-16(17)14-24/h2-10H,1,11-13,15H2/t23-/m0/s1. The highest BCUT2D eigenvalue weighted by atomic mass is 16.5. The van der Waals surface area contributed by atoms with E-state index in [1.54, 1.807) is 48.5 Å². The molecule has 0 aliphatic carbocycles. The Hall–Kier alpha value is -3.92. The molecular formula is C23H19N3O4. The van der Waals surface area contributed by atoms with Crippen LogP contribution in [0.4, 0.5) is 5.69 Å². The van der Waals surface area contributed by atoms with Crippen LogP contribution in [-0.4, -0.2) is 34.9 Å². The van der Waals surface area contributed by atoms with Crippen LogP contribution in [0.1, 0.15) is 34.3 Å². The molecule has 150 valence electrons. The van der Waals surface area contributed by atoms with Gasteiger partial charge < -0.3 is 9.64 Å². The number of nitrogens with zero attached hydrogens (tertiary/aromatic N) is 3. The number of nitriles is 1. The summed E-state index contributed by atoms with van der Waals surface area (Å²) in [6.45, 7) is 3.65. The summed E-state index contributed by atoms with van der Waals surface area (Å²) in [4.78, 5) is 42.2. The lowest BCUT2D eigenvalue weighted by Crippen LogP contribution is -2.68. The number of hydrogen-bond acceptors (Lipinski definition) is 5. The van der Waals surface area contributed by atoms with Crippen molar-refractivity contribution in [1.29, 1.82) is 5.26 Å². The number of ether oxygens (including phenoxy) is 1. The molecule has 2 amide bonds. The van der Waals surface area contributed by atoms with E-state index in [1.165, 1.54) is 15.9 Å². The molecule has 0 aromatic heterocycles. The first kappa shape index (κ1) is 19.4. The van der Waals surface area contributed by atoms with E-state index in [0.29, 0.717) is 22.4 Å². The fourth-order valence-electron chi connectivity index (χ4n) is 4.14. The van der Waals surface area contributed by atoms with Crippen LogP contribution in [0.15, 0.2) is 61.2 Å². The highest BCUT2D eigenvalue weighted by Gasteiger charge is 2.61. The van der Waals surface area contributed by atoms with Crippen molar-refractivity contribution < 1.29 is 19.1 Å². The molecule has 1 fully saturated rings. The fourth-order valence-corrected chi connectivity index (χ4v) is 4.14. The zero-order chi connectivity index (χ0) is 21.3. The zero-order valence-electron chi connectivity index (χ0n) is 16.2. The van der Waals surface area contributed by atoms with Crippen molar-refractivity contribution in [2.24, 2.45) is 0 Å². The predicted octanol–water partition coefficient (Wildman–Crippen LogP) is 2.77. The van der Waals surface area contributed by atoms with Gasteiger partial charge in [0.1, 0.15) is 6.61 Å². The quantitative estimate of drug-likeness (QED) is 0.568. The van der Waals surface area contributed by atoms with Crippen LogP contribution in [0, 0.1) is 11.3 Å². The van der Waals surface area contributed by atoms with E-state index in [1.807, 2.05) is 0 Å². The minimum Gasteiger partial charge on any atom is -0.458 e. The van der Waals surface area contributed by atoms with Gasteiger partial charge in [0.25, 0.3) is 5.91 Å². The number of benzene rings is 2. The van der Waals surface area contributed by atoms with Crippen molar-refractivity contribution in [3.05, 3.63) is 77.9 Å². The second-order valence-corrected chi connectivity index (χ2v) is 7.11. The van der Waals surface area contributed by atoms with Crippen LogP contribution in [0.5, 0.6) is 0 Å². The third-order valence-electron chi connectivity index (χ3n) is 5.51. The molecule has 7 heteroatoms. The first-order chi connectivity index (χ1) is 14.5. The van der Waals surface area contributed by atoms with Gasteiger partial charge in [-0.2, -0.15) is 5.26 Å². The predicted molar refractivity (Wildman–Crippen MR) is 108 cm³/mol. The second-order valence-electron chi connectivity index (χ2n) is 7.11. The Morgan fingerprint density at radius 3 is 2.70 bits per heavy atom. The van der Waals surface area contributed by atoms with E-state index in [2.05, 4.69) is 12.6 Å². The van der Waals surface area contributed by atoms with Crippen molar-refractivity contribution in [3.63, 3.8) is 0 Å². The second kappa shape index (κ2) is 7.48. The van der Waals surface area contributed by atoms with E-state index < -0.39 is 11.6 Å². The molecule has 0 radical (unpaired) electrons. The van der Waals surface area contributed by atoms with Crippen molar-refractivity contribution in [2.75, 3.05) is 11.4 Å². The van der Waals surface area contributed by atoms with Gasteiger partial charge in [0.15, 0.2) is 0 Å². The zero-order valence-corrected chi connectivity index (χ0v) is 16.2. The lowest BCUT2D eigenvalue weighted by molar-refractivity contribution is -0.158.